The Kier molecular flexibility index (Phi) is 4.18. The van der Waals surface area contributed by atoms with Gasteiger partial charge in [0, 0.05) is 17.6 Å². The van der Waals surface area contributed by atoms with Crippen molar-refractivity contribution in [2.45, 2.75) is 5.75 Å². The number of thioether (sulfide) groups is 1. The standard InChI is InChI=1S/C9H10F2OS/c10-8-3-7(4-9(11)5-8)6-13-2-1-12/h3-5,12H,1-2,6H2. The van der Waals surface area contributed by atoms with Crippen LogP contribution in [0.25, 0.3) is 0 Å². The Morgan fingerprint density at radius 2 is 1.77 bits per heavy atom. The lowest BCUT2D eigenvalue weighted by atomic mass is 10.2. The van der Waals surface area contributed by atoms with Crippen LogP contribution in [-0.2, 0) is 5.75 Å². The predicted molar refractivity (Wildman–Crippen MR) is 49.6 cm³/mol. The Labute approximate surface area is 79.8 Å². The molecule has 0 aliphatic rings. The van der Waals surface area contributed by atoms with Crippen LogP contribution in [0.3, 0.4) is 0 Å². The van der Waals surface area contributed by atoms with Crippen LogP contribution in [0.4, 0.5) is 8.78 Å². The van der Waals surface area contributed by atoms with Crippen molar-refractivity contribution in [2.75, 3.05) is 12.4 Å². The first-order valence-electron chi connectivity index (χ1n) is 3.86. The maximum Gasteiger partial charge on any atom is 0.126 e. The van der Waals surface area contributed by atoms with Gasteiger partial charge in [-0.15, -0.1) is 0 Å². The van der Waals surface area contributed by atoms with Crippen LogP contribution in [0, 0.1) is 11.6 Å². The van der Waals surface area contributed by atoms with E-state index < -0.39 is 11.6 Å². The van der Waals surface area contributed by atoms with Gasteiger partial charge in [0.2, 0.25) is 0 Å². The average molecular weight is 204 g/mol. The van der Waals surface area contributed by atoms with Crippen molar-refractivity contribution in [3.05, 3.63) is 35.4 Å². The number of halogens is 2. The fraction of sp³-hybridized carbons (Fsp3) is 0.333. The third kappa shape index (κ3) is 3.74. The highest BCUT2D eigenvalue weighted by Gasteiger charge is 2.00. The van der Waals surface area contributed by atoms with Crippen molar-refractivity contribution < 1.29 is 13.9 Å². The fourth-order valence-electron chi connectivity index (χ4n) is 0.949. The number of rotatable bonds is 4. The van der Waals surface area contributed by atoms with Gasteiger partial charge in [0.05, 0.1) is 6.61 Å². The van der Waals surface area contributed by atoms with Crippen LogP contribution in [0.2, 0.25) is 0 Å². The third-order valence-corrected chi connectivity index (χ3v) is 2.44. The Hall–Kier alpha value is -0.610. The summed E-state index contributed by atoms with van der Waals surface area (Å²) in [4.78, 5) is 0. The summed E-state index contributed by atoms with van der Waals surface area (Å²) in [5.41, 5.74) is 0.607. The molecule has 1 nitrogen and oxygen atoms in total. The smallest absolute Gasteiger partial charge is 0.126 e. The van der Waals surface area contributed by atoms with Crippen molar-refractivity contribution in [3.63, 3.8) is 0 Å². The largest absolute Gasteiger partial charge is 0.396 e. The number of hydrogen-bond acceptors (Lipinski definition) is 2. The number of aliphatic hydroxyl groups is 1. The van der Waals surface area contributed by atoms with Crippen LogP contribution in [0.5, 0.6) is 0 Å². The molecule has 4 heteroatoms. The second-order valence-electron chi connectivity index (χ2n) is 2.55. The van der Waals surface area contributed by atoms with Gasteiger partial charge in [0.25, 0.3) is 0 Å². The lowest BCUT2D eigenvalue weighted by molar-refractivity contribution is 0.322. The summed E-state index contributed by atoms with van der Waals surface area (Å²) in [6.45, 7) is 0.0858. The highest BCUT2D eigenvalue weighted by molar-refractivity contribution is 7.98. The molecule has 0 spiro atoms. The van der Waals surface area contributed by atoms with Crippen LogP contribution >= 0.6 is 11.8 Å². The summed E-state index contributed by atoms with van der Waals surface area (Å²) in [7, 11) is 0. The Balaban J connectivity index is 2.56. The molecule has 0 atom stereocenters. The van der Waals surface area contributed by atoms with E-state index >= 15 is 0 Å². The highest BCUT2D eigenvalue weighted by atomic mass is 32.2. The molecule has 0 saturated heterocycles. The summed E-state index contributed by atoms with van der Waals surface area (Å²) < 4.78 is 25.3. The molecule has 13 heavy (non-hydrogen) atoms. The minimum Gasteiger partial charge on any atom is -0.396 e. The van der Waals surface area contributed by atoms with Gasteiger partial charge in [-0.3, -0.25) is 0 Å². The van der Waals surface area contributed by atoms with Gasteiger partial charge in [0.15, 0.2) is 0 Å². The number of benzene rings is 1. The fourth-order valence-corrected chi connectivity index (χ4v) is 1.62. The summed E-state index contributed by atoms with van der Waals surface area (Å²) in [6.07, 6.45) is 0. The Morgan fingerprint density at radius 1 is 1.15 bits per heavy atom. The molecule has 1 aromatic rings. The molecule has 1 N–H and O–H groups in total. The van der Waals surface area contributed by atoms with Crippen molar-refractivity contribution in [1.29, 1.82) is 0 Å². The molecule has 0 aliphatic carbocycles. The second kappa shape index (κ2) is 5.19. The van der Waals surface area contributed by atoms with E-state index in [0.29, 0.717) is 17.1 Å². The first-order valence-corrected chi connectivity index (χ1v) is 5.01. The molecule has 0 amide bonds. The molecule has 0 bridgehead atoms. The molecule has 0 fully saturated rings. The zero-order chi connectivity index (χ0) is 9.68. The first-order chi connectivity index (χ1) is 6.22. The Morgan fingerprint density at radius 3 is 2.31 bits per heavy atom. The van der Waals surface area contributed by atoms with E-state index in [2.05, 4.69) is 0 Å². The third-order valence-electron chi connectivity index (χ3n) is 1.43. The van der Waals surface area contributed by atoms with Crippen molar-refractivity contribution in [2.24, 2.45) is 0 Å². The minimum atomic E-state index is -0.556. The van der Waals surface area contributed by atoms with E-state index in [4.69, 9.17) is 5.11 Å². The average Bonchev–Trinajstić information content (AvgIpc) is 2.03. The predicted octanol–water partition coefficient (Wildman–Crippen LogP) is 2.19. The molecule has 72 valence electrons. The topological polar surface area (TPSA) is 20.2 Å². The quantitative estimate of drug-likeness (QED) is 0.759. The first kappa shape index (κ1) is 10.5. The van der Waals surface area contributed by atoms with Gasteiger partial charge in [-0.1, -0.05) is 0 Å². The monoisotopic (exact) mass is 204 g/mol. The molecule has 0 aromatic heterocycles. The molecule has 0 heterocycles. The van der Waals surface area contributed by atoms with Crippen LogP contribution in [-0.4, -0.2) is 17.5 Å². The van der Waals surface area contributed by atoms with Crippen molar-refractivity contribution in [1.82, 2.24) is 0 Å². The van der Waals surface area contributed by atoms with Gasteiger partial charge in [-0.25, -0.2) is 8.78 Å². The maximum atomic E-state index is 12.6. The van der Waals surface area contributed by atoms with E-state index in [0.717, 1.165) is 6.07 Å². The molecule has 1 rings (SSSR count). The van der Waals surface area contributed by atoms with Gasteiger partial charge in [0.1, 0.15) is 11.6 Å². The zero-order valence-electron chi connectivity index (χ0n) is 6.96. The van der Waals surface area contributed by atoms with Crippen LogP contribution in [0.1, 0.15) is 5.56 Å². The molecule has 0 radical (unpaired) electrons. The van der Waals surface area contributed by atoms with Gasteiger partial charge >= 0.3 is 0 Å². The lowest BCUT2D eigenvalue weighted by Gasteiger charge is -2.00. The normalized spacial score (nSPS) is 10.4. The Bertz CT molecular complexity index is 258. The molecule has 0 unspecified atom stereocenters. The zero-order valence-corrected chi connectivity index (χ0v) is 7.78. The molecular weight excluding hydrogens is 194 g/mol. The van der Waals surface area contributed by atoms with Crippen molar-refractivity contribution >= 4 is 11.8 Å². The number of aliphatic hydroxyl groups excluding tert-OH is 1. The van der Waals surface area contributed by atoms with E-state index in [-0.39, 0.29) is 6.61 Å². The summed E-state index contributed by atoms with van der Waals surface area (Å²) in [6, 6.07) is 3.45. The second-order valence-corrected chi connectivity index (χ2v) is 3.66. The molecule has 1 aromatic carbocycles. The number of hydrogen-bond donors (Lipinski definition) is 1. The lowest BCUT2D eigenvalue weighted by Crippen LogP contribution is -1.90. The van der Waals surface area contributed by atoms with Gasteiger partial charge in [-0.2, -0.15) is 11.8 Å². The minimum absolute atomic E-state index is 0.0858. The van der Waals surface area contributed by atoms with Crippen LogP contribution < -0.4 is 0 Å². The maximum absolute atomic E-state index is 12.6. The van der Waals surface area contributed by atoms with Crippen molar-refractivity contribution in [3.8, 4) is 0 Å². The van der Waals surface area contributed by atoms with E-state index in [1.54, 1.807) is 0 Å². The molecular formula is C9H10F2OS. The summed E-state index contributed by atoms with van der Waals surface area (Å²) in [5.74, 6) is -0.00732. The van der Waals surface area contributed by atoms with E-state index in [9.17, 15) is 8.78 Å². The summed E-state index contributed by atoms with van der Waals surface area (Å²) in [5, 5.41) is 8.48. The van der Waals surface area contributed by atoms with Gasteiger partial charge in [-0.05, 0) is 17.7 Å². The SMILES string of the molecule is OCCSCc1cc(F)cc(F)c1. The van der Waals surface area contributed by atoms with Gasteiger partial charge < -0.3 is 5.11 Å². The highest BCUT2D eigenvalue weighted by Crippen LogP contribution is 2.14. The van der Waals surface area contributed by atoms with E-state index in [1.807, 2.05) is 0 Å². The molecule has 0 aliphatic heterocycles. The van der Waals surface area contributed by atoms with Crippen LogP contribution in [0.15, 0.2) is 18.2 Å². The van der Waals surface area contributed by atoms with E-state index in [1.165, 1.54) is 23.9 Å². The molecule has 0 saturated carbocycles. The summed E-state index contributed by atoms with van der Waals surface area (Å²) >= 11 is 1.44.